The first-order valence-electron chi connectivity index (χ1n) is 10.0. The van der Waals surface area contributed by atoms with Crippen molar-refractivity contribution in [2.24, 2.45) is 0 Å². The maximum atomic E-state index is 12.7. The van der Waals surface area contributed by atoms with E-state index in [0.717, 1.165) is 18.8 Å². The number of ether oxygens (including phenoxy) is 1. The molecule has 1 heterocycles. The monoisotopic (exact) mass is 435 g/mol. The molecule has 1 saturated heterocycles. The molecule has 1 fully saturated rings. The fourth-order valence-electron chi connectivity index (χ4n) is 3.33. The maximum absolute atomic E-state index is 12.7. The van der Waals surface area contributed by atoms with E-state index in [0.29, 0.717) is 40.7 Å². The number of carbonyl (C=O) groups is 2. The summed E-state index contributed by atoms with van der Waals surface area (Å²) in [5.74, 6) is -0.513. The lowest BCUT2D eigenvalue weighted by Crippen LogP contribution is -2.36. The van der Waals surface area contributed by atoms with Gasteiger partial charge in [-0.25, -0.2) is 0 Å². The third-order valence-corrected chi connectivity index (χ3v) is 5.34. The smallest absolute Gasteiger partial charge is 0.255 e. The number of rotatable bonds is 5. The minimum absolute atomic E-state index is 0.240. The third kappa shape index (κ3) is 5.23. The first-order chi connectivity index (χ1) is 15.1. The molecule has 3 aromatic carbocycles. The van der Waals surface area contributed by atoms with E-state index in [4.69, 9.17) is 16.3 Å². The third-order valence-electron chi connectivity index (χ3n) is 5.01. The van der Waals surface area contributed by atoms with Crippen LogP contribution in [0.15, 0.2) is 72.8 Å². The average molecular weight is 436 g/mol. The van der Waals surface area contributed by atoms with E-state index in [1.807, 2.05) is 18.2 Å². The second-order valence-corrected chi connectivity index (χ2v) is 7.52. The molecule has 1 aliphatic rings. The van der Waals surface area contributed by atoms with Gasteiger partial charge in [-0.3, -0.25) is 9.59 Å². The van der Waals surface area contributed by atoms with Crippen LogP contribution in [0.2, 0.25) is 5.02 Å². The maximum Gasteiger partial charge on any atom is 0.255 e. The second kappa shape index (κ2) is 9.64. The van der Waals surface area contributed by atoms with Crippen LogP contribution in [0, 0.1) is 0 Å². The van der Waals surface area contributed by atoms with Gasteiger partial charge in [0.15, 0.2) is 0 Å². The summed E-state index contributed by atoms with van der Waals surface area (Å²) in [4.78, 5) is 27.3. The molecule has 0 spiro atoms. The van der Waals surface area contributed by atoms with Crippen LogP contribution in [0.5, 0.6) is 0 Å². The molecule has 3 aromatic rings. The zero-order valence-electron chi connectivity index (χ0n) is 16.8. The molecule has 0 aromatic heterocycles. The molecule has 0 bridgehead atoms. The highest BCUT2D eigenvalue weighted by Crippen LogP contribution is 2.27. The normalized spacial score (nSPS) is 13.5. The van der Waals surface area contributed by atoms with Gasteiger partial charge in [0.05, 0.1) is 23.9 Å². The van der Waals surface area contributed by atoms with E-state index in [1.165, 1.54) is 0 Å². The lowest BCUT2D eigenvalue weighted by atomic mass is 10.1. The molecule has 0 saturated carbocycles. The summed E-state index contributed by atoms with van der Waals surface area (Å²) >= 11 is 6.23. The summed E-state index contributed by atoms with van der Waals surface area (Å²) in [6, 6.07) is 21.3. The molecule has 0 aliphatic carbocycles. The average Bonchev–Trinajstić information content (AvgIpc) is 2.82. The van der Waals surface area contributed by atoms with Gasteiger partial charge in [-0.05, 0) is 54.6 Å². The first-order valence-corrected chi connectivity index (χ1v) is 10.4. The van der Waals surface area contributed by atoms with Crippen molar-refractivity contribution in [2.45, 2.75) is 0 Å². The number of hydrogen-bond donors (Lipinski definition) is 2. The Balaban J connectivity index is 1.43. The summed E-state index contributed by atoms with van der Waals surface area (Å²) < 4.78 is 5.38. The molecule has 0 radical (unpaired) electrons. The van der Waals surface area contributed by atoms with Gasteiger partial charge in [0, 0.05) is 35.6 Å². The molecule has 0 unspecified atom stereocenters. The summed E-state index contributed by atoms with van der Waals surface area (Å²) in [7, 11) is 0. The zero-order chi connectivity index (χ0) is 21.6. The SMILES string of the molecule is O=C(Nc1ccc(Cl)c(NC(=O)c2ccccc2)c1)c1ccc(N2CCOCC2)cc1. The van der Waals surface area contributed by atoms with Crippen molar-refractivity contribution < 1.29 is 14.3 Å². The van der Waals surface area contributed by atoms with Crippen LogP contribution < -0.4 is 15.5 Å². The van der Waals surface area contributed by atoms with Gasteiger partial charge >= 0.3 is 0 Å². The number of carbonyl (C=O) groups excluding carboxylic acids is 2. The quantitative estimate of drug-likeness (QED) is 0.610. The Morgan fingerprint density at radius 3 is 2.16 bits per heavy atom. The molecule has 2 N–H and O–H groups in total. The van der Waals surface area contributed by atoms with Crippen molar-refractivity contribution in [3.8, 4) is 0 Å². The Kier molecular flexibility index (Phi) is 6.50. The number of benzene rings is 3. The highest BCUT2D eigenvalue weighted by atomic mass is 35.5. The van der Waals surface area contributed by atoms with E-state index in [-0.39, 0.29) is 11.8 Å². The number of hydrogen-bond acceptors (Lipinski definition) is 4. The van der Waals surface area contributed by atoms with Crippen LogP contribution >= 0.6 is 11.6 Å². The van der Waals surface area contributed by atoms with E-state index >= 15 is 0 Å². The fraction of sp³-hybridized carbons (Fsp3) is 0.167. The first kappa shape index (κ1) is 20.9. The van der Waals surface area contributed by atoms with Crippen LogP contribution in [-0.2, 0) is 4.74 Å². The molecule has 7 heteroatoms. The molecular weight excluding hydrogens is 414 g/mol. The Labute approximate surface area is 185 Å². The van der Waals surface area contributed by atoms with E-state index in [2.05, 4.69) is 15.5 Å². The van der Waals surface area contributed by atoms with Gasteiger partial charge in [-0.2, -0.15) is 0 Å². The number of anilines is 3. The van der Waals surface area contributed by atoms with Gasteiger partial charge in [0.2, 0.25) is 0 Å². The predicted octanol–water partition coefficient (Wildman–Crippen LogP) is 4.68. The van der Waals surface area contributed by atoms with Gasteiger partial charge in [-0.1, -0.05) is 29.8 Å². The van der Waals surface area contributed by atoms with Crippen molar-refractivity contribution >= 4 is 40.5 Å². The lowest BCUT2D eigenvalue weighted by molar-refractivity contribution is 0.101. The second-order valence-electron chi connectivity index (χ2n) is 7.12. The Hall–Kier alpha value is -3.35. The van der Waals surface area contributed by atoms with Crippen LogP contribution in [0.1, 0.15) is 20.7 Å². The number of nitrogens with one attached hydrogen (secondary N) is 2. The Bertz CT molecular complexity index is 1070. The fourth-order valence-corrected chi connectivity index (χ4v) is 3.50. The predicted molar refractivity (Wildman–Crippen MR) is 123 cm³/mol. The summed E-state index contributed by atoms with van der Waals surface area (Å²) in [5, 5.41) is 6.03. The molecular formula is C24H22ClN3O3. The van der Waals surface area contributed by atoms with Crippen LogP contribution in [0.4, 0.5) is 17.1 Å². The summed E-state index contributed by atoms with van der Waals surface area (Å²) in [6.45, 7) is 3.10. The van der Waals surface area contributed by atoms with E-state index < -0.39 is 0 Å². The van der Waals surface area contributed by atoms with Gasteiger partial charge in [0.1, 0.15) is 0 Å². The molecule has 0 atom stereocenters. The summed E-state index contributed by atoms with van der Waals surface area (Å²) in [6.07, 6.45) is 0. The largest absolute Gasteiger partial charge is 0.378 e. The van der Waals surface area contributed by atoms with Crippen LogP contribution in [0.3, 0.4) is 0 Å². The number of morpholine rings is 1. The summed E-state index contributed by atoms with van der Waals surface area (Å²) in [5.41, 5.74) is 3.10. The van der Waals surface area contributed by atoms with Gasteiger partial charge < -0.3 is 20.3 Å². The molecule has 2 amide bonds. The number of nitrogens with zero attached hydrogens (tertiary/aromatic N) is 1. The van der Waals surface area contributed by atoms with Gasteiger partial charge in [-0.15, -0.1) is 0 Å². The Morgan fingerprint density at radius 2 is 1.45 bits per heavy atom. The molecule has 31 heavy (non-hydrogen) atoms. The molecule has 6 nitrogen and oxygen atoms in total. The van der Waals surface area contributed by atoms with Crippen molar-refractivity contribution in [2.75, 3.05) is 41.8 Å². The van der Waals surface area contributed by atoms with E-state index in [1.54, 1.807) is 54.6 Å². The highest BCUT2D eigenvalue weighted by molar-refractivity contribution is 6.34. The van der Waals surface area contributed by atoms with Crippen molar-refractivity contribution in [3.05, 3.63) is 88.9 Å². The van der Waals surface area contributed by atoms with Crippen LogP contribution in [0.25, 0.3) is 0 Å². The minimum Gasteiger partial charge on any atom is -0.378 e. The van der Waals surface area contributed by atoms with Crippen molar-refractivity contribution in [1.82, 2.24) is 0 Å². The minimum atomic E-state index is -0.273. The molecule has 4 rings (SSSR count). The van der Waals surface area contributed by atoms with Crippen LogP contribution in [-0.4, -0.2) is 38.1 Å². The highest BCUT2D eigenvalue weighted by Gasteiger charge is 2.14. The van der Waals surface area contributed by atoms with E-state index in [9.17, 15) is 9.59 Å². The van der Waals surface area contributed by atoms with Gasteiger partial charge in [0.25, 0.3) is 11.8 Å². The number of halogens is 1. The standard InChI is InChI=1S/C24H22ClN3O3/c25-21-11-8-19(16-22(21)27-24(30)17-4-2-1-3-5-17)26-23(29)18-6-9-20(10-7-18)28-12-14-31-15-13-28/h1-11,16H,12-15H2,(H,26,29)(H,27,30). The lowest BCUT2D eigenvalue weighted by Gasteiger charge is -2.28. The topological polar surface area (TPSA) is 70.7 Å². The Morgan fingerprint density at radius 1 is 0.806 bits per heavy atom. The zero-order valence-corrected chi connectivity index (χ0v) is 17.6. The molecule has 158 valence electrons. The van der Waals surface area contributed by atoms with Crippen molar-refractivity contribution in [3.63, 3.8) is 0 Å². The van der Waals surface area contributed by atoms with Crippen molar-refractivity contribution in [1.29, 1.82) is 0 Å². The molecule has 1 aliphatic heterocycles. The number of amides is 2.